The topological polar surface area (TPSA) is 32.3 Å². The fraction of sp³-hybridized carbons (Fsp3) is 0.643. The molecular weight excluding hydrogens is 244 g/mol. The molecule has 4 heteroatoms. The summed E-state index contributed by atoms with van der Waals surface area (Å²) in [6.45, 7) is 0. The fourth-order valence-electron chi connectivity index (χ4n) is 3.48. The first-order valence-electron chi connectivity index (χ1n) is 6.85. The third kappa shape index (κ3) is 1.97. The highest BCUT2D eigenvalue weighted by atomic mass is 32.1. The van der Waals surface area contributed by atoms with E-state index in [4.69, 9.17) is 0 Å². The molecule has 2 heterocycles. The summed E-state index contributed by atoms with van der Waals surface area (Å²) in [5.74, 6) is 0.976. The Bertz CT molecular complexity index is 417. The average Bonchev–Trinajstić information content (AvgIpc) is 3.01. The van der Waals surface area contributed by atoms with Gasteiger partial charge in [0.05, 0.1) is 11.0 Å². The van der Waals surface area contributed by atoms with E-state index in [-0.39, 0.29) is 11.9 Å². The van der Waals surface area contributed by atoms with Gasteiger partial charge in [-0.25, -0.2) is 0 Å². The van der Waals surface area contributed by atoms with Gasteiger partial charge in [-0.15, -0.1) is 11.3 Å². The van der Waals surface area contributed by atoms with Gasteiger partial charge in [-0.2, -0.15) is 0 Å². The zero-order valence-electron chi connectivity index (χ0n) is 10.8. The standard InChI is InChI=1S/C14H20N2OS/c1-15-11-8-7-10-4-2-5-12(10)16(14(11)17)13-6-3-9-18-13/h3,6,9-12,15H,2,4-5,7-8H2,1H3. The van der Waals surface area contributed by atoms with Crippen LogP contribution in [0.4, 0.5) is 5.00 Å². The van der Waals surface area contributed by atoms with Crippen molar-refractivity contribution in [3.05, 3.63) is 17.5 Å². The average molecular weight is 264 g/mol. The number of rotatable bonds is 2. The number of nitrogens with zero attached hydrogens (tertiary/aromatic N) is 1. The van der Waals surface area contributed by atoms with Crippen LogP contribution in [-0.2, 0) is 4.79 Å². The van der Waals surface area contributed by atoms with Gasteiger partial charge < -0.3 is 5.32 Å². The van der Waals surface area contributed by atoms with Crippen molar-refractivity contribution in [2.45, 2.75) is 44.2 Å². The number of hydrogen-bond acceptors (Lipinski definition) is 3. The number of carbonyl (C=O) groups is 1. The van der Waals surface area contributed by atoms with Gasteiger partial charge in [-0.1, -0.05) is 6.42 Å². The van der Waals surface area contributed by atoms with Crippen LogP contribution in [0.5, 0.6) is 0 Å². The number of hydrogen-bond donors (Lipinski definition) is 1. The lowest BCUT2D eigenvalue weighted by Gasteiger charge is -2.30. The van der Waals surface area contributed by atoms with Crippen LogP contribution in [0.2, 0.25) is 0 Å². The molecule has 1 aliphatic carbocycles. The minimum Gasteiger partial charge on any atom is -0.309 e. The van der Waals surface area contributed by atoms with Crippen molar-refractivity contribution >= 4 is 22.2 Å². The summed E-state index contributed by atoms with van der Waals surface area (Å²) >= 11 is 1.68. The molecule has 0 radical (unpaired) electrons. The Balaban J connectivity index is 1.96. The summed E-state index contributed by atoms with van der Waals surface area (Å²) in [6.07, 6.45) is 5.90. The first-order valence-corrected chi connectivity index (χ1v) is 7.73. The van der Waals surface area contributed by atoms with Gasteiger partial charge in [-0.3, -0.25) is 9.69 Å². The molecule has 18 heavy (non-hydrogen) atoms. The van der Waals surface area contributed by atoms with E-state index in [0.29, 0.717) is 12.0 Å². The molecule has 0 spiro atoms. The van der Waals surface area contributed by atoms with Crippen LogP contribution in [0, 0.1) is 5.92 Å². The Hall–Kier alpha value is -0.870. The highest BCUT2D eigenvalue weighted by Crippen LogP contribution is 2.40. The maximum atomic E-state index is 12.7. The van der Waals surface area contributed by atoms with Gasteiger partial charge in [0.15, 0.2) is 0 Å². The second-order valence-electron chi connectivity index (χ2n) is 5.34. The maximum Gasteiger partial charge on any atom is 0.244 e. The molecule has 98 valence electrons. The summed E-state index contributed by atoms with van der Waals surface area (Å²) in [6, 6.07) is 4.55. The molecule has 1 N–H and O–H groups in total. The maximum absolute atomic E-state index is 12.7. The lowest BCUT2D eigenvalue weighted by Crippen LogP contribution is -2.48. The molecule has 3 rings (SSSR count). The predicted octanol–water partition coefficient (Wildman–Crippen LogP) is 2.63. The summed E-state index contributed by atoms with van der Waals surface area (Å²) in [4.78, 5) is 14.8. The third-order valence-electron chi connectivity index (χ3n) is 4.40. The van der Waals surface area contributed by atoms with E-state index in [1.165, 1.54) is 25.7 Å². The summed E-state index contributed by atoms with van der Waals surface area (Å²) in [5, 5.41) is 6.37. The van der Waals surface area contributed by atoms with Gasteiger partial charge in [0, 0.05) is 6.04 Å². The Morgan fingerprint density at radius 1 is 1.33 bits per heavy atom. The molecular formula is C14H20N2OS. The molecule has 1 aromatic heterocycles. The van der Waals surface area contributed by atoms with Crippen LogP contribution in [-0.4, -0.2) is 25.0 Å². The van der Waals surface area contributed by atoms with Crippen LogP contribution >= 0.6 is 11.3 Å². The number of likely N-dealkylation sites (N-methyl/N-ethyl adjacent to an activating group) is 1. The number of anilines is 1. The first-order chi connectivity index (χ1) is 8.81. The minimum absolute atomic E-state index is 0.00213. The van der Waals surface area contributed by atoms with Crippen molar-refractivity contribution < 1.29 is 4.79 Å². The van der Waals surface area contributed by atoms with Gasteiger partial charge >= 0.3 is 0 Å². The lowest BCUT2D eigenvalue weighted by molar-refractivity contribution is -0.120. The molecule has 3 nitrogen and oxygen atoms in total. The molecule has 0 aromatic carbocycles. The first kappa shape index (κ1) is 12.2. The van der Waals surface area contributed by atoms with Crippen LogP contribution in [0.15, 0.2) is 17.5 Å². The van der Waals surface area contributed by atoms with E-state index < -0.39 is 0 Å². The number of carbonyl (C=O) groups excluding carboxylic acids is 1. The van der Waals surface area contributed by atoms with E-state index in [0.717, 1.165) is 11.4 Å². The summed E-state index contributed by atoms with van der Waals surface area (Å²) in [7, 11) is 1.90. The van der Waals surface area contributed by atoms with Crippen molar-refractivity contribution in [2.24, 2.45) is 5.92 Å². The summed E-state index contributed by atoms with van der Waals surface area (Å²) < 4.78 is 0. The quantitative estimate of drug-likeness (QED) is 0.890. The molecule has 1 saturated heterocycles. The van der Waals surface area contributed by atoms with Crippen molar-refractivity contribution in [2.75, 3.05) is 11.9 Å². The van der Waals surface area contributed by atoms with Gasteiger partial charge in [0.25, 0.3) is 0 Å². The van der Waals surface area contributed by atoms with Crippen LogP contribution < -0.4 is 10.2 Å². The Morgan fingerprint density at radius 3 is 2.94 bits per heavy atom. The highest BCUT2D eigenvalue weighted by Gasteiger charge is 2.41. The number of amides is 1. The van der Waals surface area contributed by atoms with E-state index in [9.17, 15) is 4.79 Å². The Labute approximate surface area is 112 Å². The van der Waals surface area contributed by atoms with Gasteiger partial charge in [0.2, 0.25) is 5.91 Å². The molecule has 1 saturated carbocycles. The number of fused-ring (bicyclic) bond motifs is 1. The molecule has 1 aromatic rings. The zero-order valence-corrected chi connectivity index (χ0v) is 11.6. The Kier molecular flexibility index (Phi) is 3.39. The molecule has 1 amide bonds. The highest BCUT2D eigenvalue weighted by molar-refractivity contribution is 7.14. The number of thiophene rings is 1. The van der Waals surface area contributed by atoms with Crippen molar-refractivity contribution in [1.82, 2.24) is 5.32 Å². The van der Waals surface area contributed by atoms with Gasteiger partial charge in [0.1, 0.15) is 0 Å². The van der Waals surface area contributed by atoms with Crippen molar-refractivity contribution in [3.63, 3.8) is 0 Å². The number of nitrogens with one attached hydrogen (secondary N) is 1. The second-order valence-corrected chi connectivity index (χ2v) is 6.26. The third-order valence-corrected chi connectivity index (χ3v) is 5.27. The van der Waals surface area contributed by atoms with E-state index in [1.54, 1.807) is 11.3 Å². The SMILES string of the molecule is CNC1CCC2CCCC2N(c2cccs2)C1=O. The van der Waals surface area contributed by atoms with Crippen LogP contribution in [0.25, 0.3) is 0 Å². The summed E-state index contributed by atoms with van der Waals surface area (Å²) in [5.41, 5.74) is 0. The van der Waals surface area contributed by atoms with Crippen molar-refractivity contribution in [3.8, 4) is 0 Å². The monoisotopic (exact) mass is 264 g/mol. The van der Waals surface area contributed by atoms with E-state index >= 15 is 0 Å². The lowest BCUT2D eigenvalue weighted by atomic mass is 9.97. The zero-order chi connectivity index (χ0) is 12.5. The van der Waals surface area contributed by atoms with E-state index in [2.05, 4.69) is 21.7 Å². The van der Waals surface area contributed by atoms with Crippen molar-refractivity contribution in [1.29, 1.82) is 0 Å². The smallest absolute Gasteiger partial charge is 0.244 e. The van der Waals surface area contributed by atoms with Crippen LogP contribution in [0.3, 0.4) is 0 Å². The normalized spacial score (nSPS) is 32.4. The predicted molar refractivity (Wildman–Crippen MR) is 75.0 cm³/mol. The second kappa shape index (κ2) is 5.02. The van der Waals surface area contributed by atoms with E-state index in [1.807, 2.05) is 13.1 Å². The largest absolute Gasteiger partial charge is 0.309 e. The molecule has 2 fully saturated rings. The Morgan fingerprint density at radius 2 is 2.22 bits per heavy atom. The molecule has 3 atom stereocenters. The molecule has 0 bridgehead atoms. The fourth-order valence-corrected chi connectivity index (χ4v) is 4.27. The van der Waals surface area contributed by atoms with Gasteiger partial charge in [-0.05, 0) is 56.2 Å². The molecule has 3 unspecified atom stereocenters. The van der Waals surface area contributed by atoms with Crippen LogP contribution in [0.1, 0.15) is 32.1 Å². The molecule has 1 aliphatic heterocycles. The minimum atomic E-state index is -0.00213. The molecule has 2 aliphatic rings.